The van der Waals surface area contributed by atoms with Gasteiger partial charge in [0.2, 0.25) is 5.91 Å². The Morgan fingerprint density at radius 2 is 2.40 bits per heavy atom. The maximum absolute atomic E-state index is 11.3. The molecule has 0 aromatic rings. The first kappa shape index (κ1) is 12.0. The van der Waals surface area contributed by atoms with Crippen molar-refractivity contribution >= 4 is 5.91 Å². The molecule has 3 nitrogen and oxygen atoms in total. The third-order valence-corrected chi connectivity index (χ3v) is 2.54. The second-order valence-corrected chi connectivity index (χ2v) is 3.87. The molecule has 1 atom stereocenters. The Hall–Kier alpha value is -1.09. The number of carbonyl (C=O) groups is 1. The van der Waals surface area contributed by atoms with Crippen molar-refractivity contribution in [3.8, 4) is 0 Å². The third kappa shape index (κ3) is 5.37. The highest BCUT2D eigenvalue weighted by atomic mass is 16.1. The van der Waals surface area contributed by atoms with Crippen molar-refractivity contribution in [2.45, 2.75) is 19.3 Å². The van der Waals surface area contributed by atoms with E-state index in [-0.39, 0.29) is 5.91 Å². The van der Waals surface area contributed by atoms with Crippen LogP contribution in [0.4, 0.5) is 0 Å². The van der Waals surface area contributed by atoms with E-state index in [1.165, 1.54) is 6.42 Å². The van der Waals surface area contributed by atoms with E-state index in [1.807, 2.05) is 0 Å². The van der Waals surface area contributed by atoms with Crippen molar-refractivity contribution in [2.75, 3.05) is 19.6 Å². The molecule has 0 spiro atoms. The Balaban J connectivity index is 2.05. The summed E-state index contributed by atoms with van der Waals surface area (Å²) in [6.45, 7) is 5.44. The molecule has 84 valence electrons. The molecule has 3 heteroatoms. The van der Waals surface area contributed by atoms with E-state index >= 15 is 0 Å². The molecule has 0 fully saturated rings. The quantitative estimate of drug-likeness (QED) is 0.509. The molecule has 15 heavy (non-hydrogen) atoms. The molecule has 0 saturated carbocycles. The monoisotopic (exact) mass is 208 g/mol. The third-order valence-electron chi connectivity index (χ3n) is 2.54. The molecule has 1 aliphatic rings. The van der Waals surface area contributed by atoms with Crippen LogP contribution in [-0.2, 0) is 4.79 Å². The van der Waals surface area contributed by atoms with Gasteiger partial charge in [0.25, 0.3) is 0 Å². The molecule has 1 rings (SSSR count). The average Bonchev–Trinajstić information content (AvgIpc) is 2.28. The van der Waals surface area contributed by atoms with Crippen LogP contribution in [-0.4, -0.2) is 25.5 Å². The molecule has 0 aromatic carbocycles. The molecule has 1 amide bonds. The number of hydrogen-bond acceptors (Lipinski definition) is 2. The zero-order valence-corrected chi connectivity index (χ0v) is 9.17. The number of carbonyl (C=O) groups excluding carboxylic acids is 1. The second kappa shape index (κ2) is 7.23. The van der Waals surface area contributed by atoms with Crippen LogP contribution in [0.25, 0.3) is 0 Å². The summed E-state index contributed by atoms with van der Waals surface area (Å²) in [4.78, 5) is 11.3. The molecule has 1 aliphatic carbocycles. The predicted octanol–water partition coefficient (Wildman–Crippen LogP) is 1.23. The van der Waals surface area contributed by atoms with Crippen LogP contribution >= 0.6 is 0 Å². The largest absolute Gasteiger partial charge is 0.355 e. The number of amides is 1. The maximum atomic E-state index is 11.3. The van der Waals surface area contributed by atoms with Crippen LogP contribution in [0.2, 0.25) is 0 Å². The normalized spacial score (nSPS) is 19.9. The first-order chi connectivity index (χ1) is 7.33. The molecule has 1 unspecified atom stereocenters. The Morgan fingerprint density at radius 3 is 3.07 bits per heavy atom. The van der Waals surface area contributed by atoms with E-state index < -0.39 is 0 Å². The number of nitrogens with one attached hydrogen (secondary N) is 2. The Bertz CT molecular complexity index is 236. The van der Waals surface area contributed by atoms with E-state index in [9.17, 15) is 4.79 Å². The topological polar surface area (TPSA) is 41.1 Å². The molecule has 0 heterocycles. The highest BCUT2D eigenvalue weighted by Gasteiger charge is 2.10. The summed E-state index contributed by atoms with van der Waals surface area (Å²) in [5.74, 6) is 0.699. The van der Waals surface area contributed by atoms with Crippen LogP contribution in [0.5, 0.6) is 0 Å². The van der Waals surface area contributed by atoms with Gasteiger partial charge in [0, 0.05) is 13.1 Å². The van der Waals surface area contributed by atoms with Crippen LogP contribution < -0.4 is 10.6 Å². The van der Waals surface area contributed by atoms with Crippen LogP contribution in [0.15, 0.2) is 24.8 Å². The lowest BCUT2D eigenvalue weighted by Crippen LogP contribution is -2.36. The van der Waals surface area contributed by atoms with Gasteiger partial charge in [0.05, 0.1) is 6.54 Å². The Kier molecular flexibility index (Phi) is 5.78. The zero-order valence-electron chi connectivity index (χ0n) is 9.17. The molecule has 0 aliphatic heterocycles. The standard InChI is InChI=1S/C12H20N2O/c1-2-8-13-10-12(15)14-9-11-6-4-3-5-7-11/h2-4,11,13H,1,5-10H2,(H,14,15). The van der Waals surface area contributed by atoms with Crippen LogP contribution in [0, 0.1) is 5.92 Å². The average molecular weight is 208 g/mol. The van der Waals surface area contributed by atoms with Gasteiger partial charge >= 0.3 is 0 Å². The molecule has 0 aromatic heterocycles. The summed E-state index contributed by atoms with van der Waals surface area (Å²) < 4.78 is 0. The number of hydrogen-bond donors (Lipinski definition) is 2. The highest BCUT2D eigenvalue weighted by Crippen LogP contribution is 2.16. The minimum Gasteiger partial charge on any atom is -0.355 e. The van der Waals surface area contributed by atoms with Gasteiger partial charge in [-0.05, 0) is 25.2 Å². The number of allylic oxidation sites excluding steroid dienone is 2. The molecule has 0 saturated heterocycles. The van der Waals surface area contributed by atoms with Crippen LogP contribution in [0.1, 0.15) is 19.3 Å². The first-order valence-corrected chi connectivity index (χ1v) is 5.56. The van der Waals surface area contributed by atoms with E-state index in [1.54, 1.807) is 6.08 Å². The summed E-state index contributed by atoms with van der Waals surface area (Å²) in [7, 11) is 0. The molecular formula is C12H20N2O. The summed E-state index contributed by atoms with van der Waals surface area (Å²) >= 11 is 0. The summed E-state index contributed by atoms with van der Waals surface area (Å²) in [5, 5.41) is 5.92. The van der Waals surface area contributed by atoms with Gasteiger partial charge in [-0.1, -0.05) is 18.2 Å². The van der Waals surface area contributed by atoms with E-state index in [4.69, 9.17) is 0 Å². The lowest BCUT2D eigenvalue weighted by atomic mass is 9.94. The van der Waals surface area contributed by atoms with Gasteiger partial charge in [-0.15, -0.1) is 6.58 Å². The second-order valence-electron chi connectivity index (χ2n) is 3.87. The van der Waals surface area contributed by atoms with Crippen molar-refractivity contribution in [1.29, 1.82) is 0 Å². The van der Waals surface area contributed by atoms with Crippen molar-refractivity contribution in [1.82, 2.24) is 10.6 Å². The van der Waals surface area contributed by atoms with Crippen LogP contribution in [0.3, 0.4) is 0 Å². The fourth-order valence-electron chi connectivity index (χ4n) is 1.65. The van der Waals surface area contributed by atoms with E-state index in [0.29, 0.717) is 19.0 Å². The summed E-state index contributed by atoms with van der Waals surface area (Å²) in [6.07, 6.45) is 9.60. The fourth-order valence-corrected chi connectivity index (χ4v) is 1.65. The summed E-state index contributed by atoms with van der Waals surface area (Å²) in [5.41, 5.74) is 0. The van der Waals surface area contributed by atoms with Gasteiger partial charge in [-0.2, -0.15) is 0 Å². The highest BCUT2D eigenvalue weighted by molar-refractivity contribution is 5.77. The van der Waals surface area contributed by atoms with Crippen molar-refractivity contribution in [2.24, 2.45) is 5.92 Å². The van der Waals surface area contributed by atoms with E-state index in [0.717, 1.165) is 19.4 Å². The maximum Gasteiger partial charge on any atom is 0.233 e. The van der Waals surface area contributed by atoms with E-state index in [2.05, 4.69) is 29.4 Å². The lowest BCUT2D eigenvalue weighted by molar-refractivity contribution is -0.120. The van der Waals surface area contributed by atoms with Crippen molar-refractivity contribution in [3.63, 3.8) is 0 Å². The molecule has 2 N–H and O–H groups in total. The van der Waals surface area contributed by atoms with Gasteiger partial charge in [-0.25, -0.2) is 0 Å². The van der Waals surface area contributed by atoms with Gasteiger partial charge in [0.1, 0.15) is 0 Å². The minimum atomic E-state index is 0.0754. The lowest BCUT2D eigenvalue weighted by Gasteiger charge is -2.18. The smallest absolute Gasteiger partial charge is 0.233 e. The van der Waals surface area contributed by atoms with Gasteiger partial charge in [0.15, 0.2) is 0 Å². The molecule has 0 radical (unpaired) electrons. The Morgan fingerprint density at radius 1 is 1.53 bits per heavy atom. The predicted molar refractivity (Wildman–Crippen MR) is 62.6 cm³/mol. The van der Waals surface area contributed by atoms with Gasteiger partial charge in [-0.3, -0.25) is 4.79 Å². The fraction of sp³-hybridized carbons (Fsp3) is 0.583. The first-order valence-electron chi connectivity index (χ1n) is 5.56. The van der Waals surface area contributed by atoms with Crippen molar-refractivity contribution in [3.05, 3.63) is 24.8 Å². The molecule has 0 bridgehead atoms. The van der Waals surface area contributed by atoms with Crippen molar-refractivity contribution < 1.29 is 4.79 Å². The SMILES string of the molecule is C=CCNCC(=O)NCC1CC=CCC1. The molecular weight excluding hydrogens is 188 g/mol. The van der Waals surface area contributed by atoms with Gasteiger partial charge < -0.3 is 10.6 Å². The number of rotatable bonds is 6. The minimum absolute atomic E-state index is 0.0754. The Labute approximate surface area is 91.6 Å². The zero-order chi connectivity index (χ0) is 10.9. The summed E-state index contributed by atoms with van der Waals surface area (Å²) in [6, 6.07) is 0.